The van der Waals surface area contributed by atoms with Gasteiger partial charge in [0.25, 0.3) is 0 Å². The van der Waals surface area contributed by atoms with Crippen molar-refractivity contribution in [2.75, 3.05) is 13.2 Å². The number of ether oxygens (including phenoxy) is 2. The van der Waals surface area contributed by atoms with Crippen molar-refractivity contribution in [1.82, 2.24) is 0 Å². The van der Waals surface area contributed by atoms with Gasteiger partial charge in [0.15, 0.2) is 0 Å². The average molecular weight is 305 g/mol. The van der Waals surface area contributed by atoms with Gasteiger partial charge in [-0.3, -0.25) is 9.59 Å². The molecule has 0 heterocycles. The lowest BCUT2D eigenvalue weighted by Gasteiger charge is -2.02. The van der Waals surface area contributed by atoms with Crippen molar-refractivity contribution < 1.29 is 19.1 Å². The van der Waals surface area contributed by atoms with E-state index in [1.54, 1.807) is 12.1 Å². The van der Waals surface area contributed by atoms with Gasteiger partial charge in [0.05, 0.1) is 18.8 Å². The molecule has 0 N–H and O–H groups in total. The van der Waals surface area contributed by atoms with Crippen LogP contribution in [0.15, 0.2) is 24.3 Å². The van der Waals surface area contributed by atoms with E-state index in [-0.39, 0.29) is 12.2 Å². The maximum Gasteiger partial charge on any atom is 0.313 e. The van der Waals surface area contributed by atoms with Crippen LogP contribution in [0.4, 0.5) is 0 Å². The zero-order valence-corrected chi connectivity index (χ0v) is 13.4. The molecule has 0 spiro atoms. The highest BCUT2D eigenvalue weighted by molar-refractivity contribution is 5.94. The molecule has 0 atom stereocenters. The van der Waals surface area contributed by atoms with Gasteiger partial charge in [0.1, 0.15) is 24.0 Å². The average Bonchev–Trinajstić information content (AvgIpc) is 2.48. The Hall–Kier alpha value is -2.35. The Labute approximate surface area is 131 Å². The number of hydrogen-bond donors (Lipinski definition) is 0. The van der Waals surface area contributed by atoms with E-state index in [9.17, 15) is 9.59 Å². The lowest BCUT2D eigenvalue weighted by Crippen LogP contribution is -2.09. The Bertz CT molecular complexity index is 506. The van der Waals surface area contributed by atoms with Crippen molar-refractivity contribution in [1.29, 1.82) is 5.26 Å². The quantitative estimate of drug-likeness (QED) is 0.439. The molecule has 0 aliphatic heterocycles. The van der Waals surface area contributed by atoms with Crippen LogP contribution in [0.3, 0.4) is 0 Å². The second-order valence-corrected chi connectivity index (χ2v) is 4.49. The van der Waals surface area contributed by atoms with Gasteiger partial charge in [0.2, 0.25) is 0 Å². The molecule has 0 saturated carbocycles. The molecule has 0 radical (unpaired) electrons. The highest BCUT2D eigenvalue weighted by Crippen LogP contribution is 2.15. The third kappa shape index (κ3) is 9.54. The van der Waals surface area contributed by atoms with Crippen LogP contribution >= 0.6 is 0 Å². The van der Waals surface area contributed by atoms with E-state index in [0.29, 0.717) is 24.5 Å². The molecule has 5 nitrogen and oxygen atoms in total. The van der Waals surface area contributed by atoms with Gasteiger partial charge in [-0.25, -0.2) is 0 Å². The molecule has 0 aliphatic carbocycles. The van der Waals surface area contributed by atoms with E-state index in [2.05, 4.69) is 6.07 Å². The number of unbranched alkanes of at least 4 members (excludes halogenated alkanes) is 1. The summed E-state index contributed by atoms with van der Waals surface area (Å²) in [5.74, 6) is 0.106. The lowest BCUT2D eigenvalue weighted by molar-refractivity contribution is -0.145. The maximum absolute atomic E-state index is 10.7. The van der Waals surface area contributed by atoms with Crippen molar-refractivity contribution in [2.45, 2.75) is 40.0 Å². The number of nitrogens with zero attached hydrogens (tertiary/aromatic N) is 1. The van der Waals surface area contributed by atoms with E-state index >= 15 is 0 Å². The number of para-hydroxylation sites is 1. The minimum Gasteiger partial charge on any atom is -0.492 e. The molecule has 0 bridgehead atoms. The summed E-state index contributed by atoms with van der Waals surface area (Å²) in [6, 6.07) is 9.26. The van der Waals surface area contributed by atoms with E-state index in [0.717, 1.165) is 12.8 Å². The van der Waals surface area contributed by atoms with E-state index < -0.39 is 5.97 Å². The van der Waals surface area contributed by atoms with Gasteiger partial charge in [0, 0.05) is 0 Å². The SMILES string of the molecule is CCCCOC(=O)CC(C)=O.CCOc1ccccc1C#N. The first kappa shape index (κ1) is 19.7. The number of hydrogen-bond acceptors (Lipinski definition) is 5. The molecule has 1 rings (SSSR count). The first-order valence-corrected chi connectivity index (χ1v) is 7.32. The lowest BCUT2D eigenvalue weighted by atomic mass is 10.2. The predicted molar refractivity (Wildman–Crippen MR) is 83.5 cm³/mol. The number of esters is 1. The summed E-state index contributed by atoms with van der Waals surface area (Å²) in [6.45, 7) is 6.31. The summed E-state index contributed by atoms with van der Waals surface area (Å²) in [6.07, 6.45) is 1.76. The van der Waals surface area contributed by atoms with Crippen LogP contribution in [0, 0.1) is 11.3 Å². The summed E-state index contributed by atoms with van der Waals surface area (Å²) in [5.41, 5.74) is 0.592. The van der Waals surface area contributed by atoms with E-state index in [1.807, 2.05) is 26.0 Å². The predicted octanol–water partition coefficient (Wildman–Crippen LogP) is 3.27. The number of nitriles is 1. The first-order valence-electron chi connectivity index (χ1n) is 7.32. The maximum atomic E-state index is 10.7. The van der Waals surface area contributed by atoms with Crippen LogP contribution in [0.25, 0.3) is 0 Å². The van der Waals surface area contributed by atoms with Gasteiger partial charge in [-0.15, -0.1) is 0 Å². The smallest absolute Gasteiger partial charge is 0.313 e. The second-order valence-electron chi connectivity index (χ2n) is 4.49. The summed E-state index contributed by atoms with van der Waals surface area (Å²) in [7, 11) is 0. The normalized spacial score (nSPS) is 9.00. The number of Topliss-reactive ketones (excluding diaryl/α,β-unsaturated/α-hetero) is 1. The Morgan fingerprint density at radius 2 is 1.91 bits per heavy atom. The van der Waals surface area contributed by atoms with Gasteiger partial charge in [-0.1, -0.05) is 25.5 Å². The fourth-order valence-electron chi connectivity index (χ4n) is 1.43. The van der Waals surface area contributed by atoms with Gasteiger partial charge >= 0.3 is 5.97 Å². The molecular formula is C17H23NO4. The van der Waals surface area contributed by atoms with Crippen molar-refractivity contribution in [2.24, 2.45) is 0 Å². The molecule has 22 heavy (non-hydrogen) atoms. The Morgan fingerprint density at radius 1 is 1.23 bits per heavy atom. The largest absolute Gasteiger partial charge is 0.492 e. The van der Waals surface area contributed by atoms with Crippen molar-refractivity contribution in [3.05, 3.63) is 29.8 Å². The number of carbonyl (C=O) groups excluding carboxylic acids is 2. The molecule has 0 amide bonds. The minimum absolute atomic E-state index is 0.0935. The fourth-order valence-corrected chi connectivity index (χ4v) is 1.43. The molecule has 120 valence electrons. The molecule has 0 aliphatic rings. The Balaban J connectivity index is 0.000000401. The van der Waals surface area contributed by atoms with Crippen molar-refractivity contribution >= 4 is 11.8 Å². The Kier molecular flexibility index (Phi) is 11.1. The van der Waals surface area contributed by atoms with Crippen molar-refractivity contribution in [3.8, 4) is 11.8 Å². The molecular weight excluding hydrogens is 282 g/mol. The van der Waals surface area contributed by atoms with E-state index in [4.69, 9.17) is 14.7 Å². The summed E-state index contributed by atoms with van der Waals surface area (Å²) in [5, 5.41) is 8.62. The highest BCUT2D eigenvalue weighted by atomic mass is 16.5. The topological polar surface area (TPSA) is 76.4 Å². The second kappa shape index (κ2) is 12.4. The summed E-state index contributed by atoms with van der Waals surface area (Å²) < 4.78 is 9.94. The zero-order chi connectivity index (χ0) is 16.8. The van der Waals surface area contributed by atoms with Crippen LogP contribution in [-0.4, -0.2) is 25.0 Å². The summed E-state index contributed by atoms with van der Waals surface area (Å²) >= 11 is 0. The van der Waals surface area contributed by atoms with Crippen LogP contribution in [0.1, 0.15) is 45.6 Å². The third-order valence-corrected chi connectivity index (χ3v) is 2.46. The molecule has 0 fully saturated rings. The molecule has 0 aromatic heterocycles. The number of rotatable bonds is 7. The Morgan fingerprint density at radius 3 is 2.45 bits per heavy atom. The number of ketones is 1. The third-order valence-electron chi connectivity index (χ3n) is 2.46. The standard InChI is InChI=1S/C9H9NO.C8H14O3/c1-2-11-9-6-4-3-5-8(9)7-10;1-3-4-5-11-8(10)6-7(2)9/h3-6H,2H2,1H3;3-6H2,1-2H3. The van der Waals surface area contributed by atoms with Gasteiger partial charge in [-0.2, -0.15) is 5.26 Å². The van der Waals surface area contributed by atoms with Crippen molar-refractivity contribution in [3.63, 3.8) is 0 Å². The number of carbonyl (C=O) groups is 2. The zero-order valence-electron chi connectivity index (χ0n) is 13.4. The highest BCUT2D eigenvalue weighted by Gasteiger charge is 2.04. The van der Waals surface area contributed by atoms with Crippen LogP contribution in [-0.2, 0) is 14.3 Å². The summed E-state index contributed by atoms with van der Waals surface area (Å²) in [4.78, 5) is 21.1. The fraction of sp³-hybridized carbons (Fsp3) is 0.471. The molecule has 1 aromatic carbocycles. The van der Waals surface area contributed by atoms with Crippen LogP contribution in [0.5, 0.6) is 5.75 Å². The molecule has 5 heteroatoms. The first-order chi connectivity index (χ1) is 10.5. The van der Waals surface area contributed by atoms with Crippen LogP contribution < -0.4 is 4.74 Å². The number of benzene rings is 1. The van der Waals surface area contributed by atoms with Gasteiger partial charge in [-0.05, 0) is 32.4 Å². The minimum atomic E-state index is -0.411. The monoisotopic (exact) mass is 305 g/mol. The van der Waals surface area contributed by atoms with Crippen LogP contribution in [0.2, 0.25) is 0 Å². The molecule has 1 aromatic rings. The van der Waals surface area contributed by atoms with Gasteiger partial charge < -0.3 is 9.47 Å². The molecule has 0 unspecified atom stereocenters. The molecule has 0 saturated heterocycles. The van der Waals surface area contributed by atoms with E-state index in [1.165, 1.54) is 6.92 Å².